The van der Waals surface area contributed by atoms with Crippen LogP contribution in [-0.2, 0) is 9.53 Å². The van der Waals surface area contributed by atoms with Gasteiger partial charge in [-0.3, -0.25) is 0 Å². The number of carbonyl (C=O) groups is 1. The van der Waals surface area contributed by atoms with Crippen molar-refractivity contribution in [3.05, 3.63) is 46.7 Å². The molecule has 110 valence electrons. The highest BCUT2D eigenvalue weighted by Gasteiger charge is 2.26. The maximum absolute atomic E-state index is 12.3. The van der Waals surface area contributed by atoms with Crippen molar-refractivity contribution in [2.24, 2.45) is 0 Å². The van der Waals surface area contributed by atoms with Crippen molar-refractivity contribution in [1.82, 2.24) is 5.32 Å². The summed E-state index contributed by atoms with van der Waals surface area (Å²) >= 11 is 1.62. The Labute approximate surface area is 125 Å². The lowest BCUT2D eigenvalue weighted by atomic mass is 10.0. The van der Waals surface area contributed by atoms with E-state index in [-0.39, 0.29) is 12.0 Å². The van der Waals surface area contributed by atoms with Gasteiger partial charge in [0, 0.05) is 11.4 Å². The molecule has 1 unspecified atom stereocenters. The fourth-order valence-electron chi connectivity index (χ4n) is 1.76. The Morgan fingerprint density at radius 3 is 2.70 bits per heavy atom. The second-order valence-electron chi connectivity index (χ2n) is 5.39. The number of thiophene rings is 1. The molecule has 20 heavy (non-hydrogen) atoms. The van der Waals surface area contributed by atoms with E-state index in [1.807, 2.05) is 51.3 Å². The van der Waals surface area contributed by atoms with Gasteiger partial charge in [0.05, 0.1) is 11.6 Å². The quantitative estimate of drug-likeness (QED) is 0.492. The van der Waals surface area contributed by atoms with Gasteiger partial charge in [0.1, 0.15) is 5.60 Å². The molecular formula is C16H23NO2S. The summed E-state index contributed by atoms with van der Waals surface area (Å²) in [5, 5.41) is 5.31. The number of ether oxygens (including phenoxy) is 1. The van der Waals surface area contributed by atoms with E-state index >= 15 is 0 Å². The Morgan fingerprint density at radius 1 is 1.55 bits per heavy atom. The summed E-state index contributed by atoms with van der Waals surface area (Å²) in [5.41, 5.74) is 0.133. The van der Waals surface area contributed by atoms with Crippen LogP contribution in [0.3, 0.4) is 0 Å². The SMILES string of the molecule is C=CCNC(/C(=C\C)C(=O)OC(C)(C)C)c1cccs1. The summed E-state index contributed by atoms with van der Waals surface area (Å²) in [5.74, 6) is -0.282. The molecule has 0 bridgehead atoms. The van der Waals surface area contributed by atoms with E-state index in [9.17, 15) is 4.79 Å². The highest BCUT2D eigenvalue weighted by molar-refractivity contribution is 7.10. The van der Waals surface area contributed by atoms with Crippen LogP contribution in [0.15, 0.2) is 41.8 Å². The van der Waals surface area contributed by atoms with Gasteiger partial charge < -0.3 is 10.1 Å². The fraction of sp³-hybridized carbons (Fsp3) is 0.438. The molecule has 3 nitrogen and oxygen atoms in total. The molecule has 0 aliphatic carbocycles. The number of rotatable bonds is 6. The molecule has 0 amide bonds. The number of carbonyl (C=O) groups excluding carboxylic acids is 1. The summed E-state index contributed by atoms with van der Waals surface area (Å²) in [7, 11) is 0. The van der Waals surface area contributed by atoms with Crippen molar-refractivity contribution in [3.63, 3.8) is 0 Å². The van der Waals surface area contributed by atoms with Gasteiger partial charge in [0.25, 0.3) is 0 Å². The molecule has 1 atom stereocenters. The van der Waals surface area contributed by atoms with Gasteiger partial charge >= 0.3 is 5.97 Å². The van der Waals surface area contributed by atoms with Crippen LogP contribution in [0.1, 0.15) is 38.6 Å². The van der Waals surface area contributed by atoms with E-state index in [4.69, 9.17) is 4.74 Å². The van der Waals surface area contributed by atoms with Gasteiger partial charge in [-0.25, -0.2) is 4.79 Å². The van der Waals surface area contributed by atoms with Gasteiger partial charge in [-0.05, 0) is 39.1 Å². The van der Waals surface area contributed by atoms with Crippen molar-refractivity contribution >= 4 is 17.3 Å². The minimum absolute atomic E-state index is 0.159. The van der Waals surface area contributed by atoms with E-state index in [2.05, 4.69) is 11.9 Å². The fourth-order valence-corrected chi connectivity index (χ4v) is 2.58. The minimum Gasteiger partial charge on any atom is -0.457 e. The van der Waals surface area contributed by atoms with Gasteiger partial charge in [-0.2, -0.15) is 0 Å². The Bertz CT molecular complexity index is 469. The van der Waals surface area contributed by atoms with Crippen LogP contribution in [-0.4, -0.2) is 18.1 Å². The van der Waals surface area contributed by atoms with Crippen molar-refractivity contribution < 1.29 is 9.53 Å². The van der Waals surface area contributed by atoms with Crippen LogP contribution in [0.25, 0.3) is 0 Å². The average Bonchev–Trinajstić information content (AvgIpc) is 2.85. The second-order valence-corrected chi connectivity index (χ2v) is 6.37. The summed E-state index contributed by atoms with van der Waals surface area (Å²) in [6, 6.07) is 3.83. The van der Waals surface area contributed by atoms with E-state index in [1.165, 1.54) is 0 Å². The first-order valence-corrected chi connectivity index (χ1v) is 7.54. The third-order valence-corrected chi connectivity index (χ3v) is 3.49. The normalized spacial score (nSPS) is 13.9. The van der Waals surface area contributed by atoms with Crippen LogP contribution in [0, 0.1) is 0 Å². The number of allylic oxidation sites excluding steroid dienone is 1. The van der Waals surface area contributed by atoms with Gasteiger partial charge in [-0.15, -0.1) is 17.9 Å². The van der Waals surface area contributed by atoms with Crippen LogP contribution in [0.5, 0.6) is 0 Å². The predicted molar refractivity (Wildman–Crippen MR) is 84.9 cm³/mol. The van der Waals surface area contributed by atoms with Crippen LogP contribution < -0.4 is 5.32 Å². The smallest absolute Gasteiger partial charge is 0.336 e. The van der Waals surface area contributed by atoms with E-state index < -0.39 is 5.60 Å². The van der Waals surface area contributed by atoms with Crippen molar-refractivity contribution in [1.29, 1.82) is 0 Å². The molecule has 4 heteroatoms. The molecule has 1 heterocycles. The van der Waals surface area contributed by atoms with E-state index in [0.717, 1.165) is 4.88 Å². The zero-order chi connectivity index (χ0) is 15.2. The lowest BCUT2D eigenvalue weighted by Gasteiger charge is -2.24. The predicted octanol–water partition coefficient (Wildman–Crippen LogP) is 3.85. The van der Waals surface area contributed by atoms with Crippen molar-refractivity contribution in [2.75, 3.05) is 6.54 Å². The Kier molecular flexibility index (Phi) is 6.17. The standard InChI is InChI=1S/C16H23NO2S/c1-6-10-17-14(13-9-8-11-20-13)12(7-2)15(18)19-16(3,4)5/h6-9,11,14,17H,1,10H2,2-5H3/b12-7+. The Hall–Kier alpha value is -1.39. The first-order valence-electron chi connectivity index (χ1n) is 6.66. The Balaban J connectivity index is 2.97. The molecule has 0 saturated heterocycles. The average molecular weight is 293 g/mol. The van der Waals surface area contributed by atoms with Crippen LogP contribution >= 0.6 is 11.3 Å². The molecule has 1 N–H and O–H groups in total. The number of esters is 1. The topological polar surface area (TPSA) is 38.3 Å². The molecule has 0 spiro atoms. The molecule has 1 rings (SSSR count). The zero-order valence-corrected chi connectivity index (χ0v) is 13.4. The maximum Gasteiger partial charge on any atom is 0.336 e. The molecule has 0 fully saturated rings. The van der Waals surface area contributed by atoms with Crippen molar-refractivity contribution in [3.8, 4) is 0 Å². The summed E-state index contributed by atoms with van der Waals surface area (Å²) in [6.45, 7) is 11.8. The summed E-state index contributed by atoms with van der Waals surface area (Å²) < 4.78 is 5.48. The molecule has 0 radical (unpaired) electrons. The number of hydrogen-bond acceptors (Lipinski definition) is 4. The molecule has 0 aromatic carbocycles. The highest BCUT2D eigenvalue weighted by atomic mass is 32.1. The first kappa shape index (κ1) is 16.7. The lowest BCUT2D eigenvalue weighted by Crippen LogP contribution is -2.31. The third kappa shape index (κ3) is 4.94. The highest BCUT2D eigenvalue weighted by Crippen LogP contribution is 2.27. The zero-order valence-electron chi connectivity index (χ0n) is 12.6. The molecular weight excluding hydrogens is 270 g/mol. The largest absolute Gasteiger partial charge is 0.457 e. The molecule has 1 aromatic rings. The van der Waals surface area contributed by atoms with Crippen LogP contribution in [0.2, 0.25) is 0 Å². The maximum atomic E-state index is 12.3. The van der Waals surface area contributed by atoms with Gasteiger partial charge in [-0.1, -0.05) is 18.2 Å². The second kappa shape index (κ2) is 7.41. The third-order valence-electron chi connectivity index (χ3n) is 2.55. The summed E-state index contributed by atoms with van der Waals surface area (Å²) in [6.07, 6.45) is 3.59. The van der Waals surface area contributed by atoms with Gasteiger partial charge in [0.15, 0.2) is 0 Å². The monoisotopic (exact) mass is 293 g/mol. The lowest BCUT2D eigenvalue weighted by molar-refractivity contribution is -0.150. The molecule has 0 aliphatic rings. The molecule has 1 aromatic heterocycles. The van der Waals surface area contributed by atoms with Gasteiger partial charge in [0.2, 0.25) is 0 Å². The van der Waals surface area contributed by atoms with E-state index in [0.29, 0.717) is 12.1 Å². The first-order chi connectivity index (χ1) is 9.39. The minimum atomic E-state index is -0.496. The van der Waals surface area contributed by atoms with Crippen LogP contribution in [0.4, 0.5) is 0 Å². The molecule has 0 aliphatic heterocycles. The number of nitrogens with one attached hydrogen (secondary N) is 1. The van der Waals surface area contributed by atoms with Crippen molar-refractivity contribution in [2.45, 2.75) is 39.3 Å². The number of hydrogen-bond donors (Lipinski definition) is 1. The van der Waals surface area contributed by atoms with E-state index in [1.54, 1.807) is 17.4 Å². The molecule has 0 saturated carbocycles. The Morgan fingerprint density at radius 2 is 2.25 bits per heavy atom. The summed E-state index contributed by atoms with van der Waals surface area (Å²) in [4.78, 5) is 13.4.